The second kappa shape index (κ2) is 12.2. The Morgan fingerprint density at radius 2 is 1.93 bits per heavy atom. The summed E-state index contributed by atoms with van der Waals surface area (Å²) in [4.78, 5) is 24.7. The van der Waals surface area contributed by atoms with Gasteiger partial charge in [0.05, 0.1) is 17.3 Å². The number of anilines is 3. The smallest absolute Gasteiger partial charge is 0.410 e. The molecule has 2 aliphatic rings. The molecule has 3 aromatic heterocycles. The van der Waals surface area contributed by atoms with Gasteiger partial charge in [0.1, 0.15) is 23.8 Å². The van der Waals surface area contributed by atoms with Crippen LogP contribution in [0.4, 0.5) is 22.2 Å². The van der Waals surface area contributed by atoms with Gasteiger partial charge in [-0.1, -0.05) is 19.6 Å². The van der Waals surface area contributed by atoms with E-state index in [9.17, 15) is 4.79 Å². The molecule has 0 radical (unpaired) electrons. The van der Waals surface area contributed by atoms with Crippen LogP contribution in [0.3, 0.4) is 0 Å². The topological polar surface area (TPSA) is 111 Å². The molecule has 1 saturated carbocycles. The maximum atomic E-state index is 12.9. The van der Waals surface area contributed by atoms with Gasteiger partial charge in [0.15, 0.2) is 0 Å². The molecule has 1 amide bonds. The molecule has 1 aliphatic heterocycles. The quantitative estimate of drug-likeness (QED) is 0.193. The number of aryl methyl sites for hydroxylation is 1. The van der Waals surface area contributed by atoms with E-state index in [0.29, 0.717) is 31.7 Å². The Hall–Kier alpha value is -3.12. The summed E-state index contributed by atoms with van der Waals surface area (Å²) in [5, 5.41) is 12.5. The van der Waals surface area contributed by atoms with E-state index in [-0.39, 0.29) is 12.1 Å². The fraction of sp³-hybridized carbons (Fsp3) is 0.667. The number of piperidine rings is 1. The molecule has 0 unspecified atom stereocenters. The van der Waals surface area contributed by atoms with Crippen molar-refractivity contribution in [3.05, 3.63) is 24.2 Å². The molecule has 2 N–H and O–H groups in total. The predicted molar refractivity (Wildman–Crippen MR) is 169 cm³/mol. The van der Waals surface area contributed by atoms with Crippen molar-refractivity contribution in [2.24, 2.45) is 0 Å². The van der Waals surface area contributed by atoms with Crippen LogP contribution in [-0.4, -0.2) is 74.7 Å². The molecule has 2 fully saturated rings. The molecular weight excluding hydrogens is 548 g/mol. The Morgan fingerprint density at radius 1 is 1.14 bits per heavy atom. The highest BCUT2D eigenvalue weighted by atomic mass is 28.3. The van der Waals surface area contributed by atoms with Crippen molar-refractivity contribution in [1.82, 2.24) is 29.2 Å². The van der Waals surface area contributed by atoms with Crippen LogP contribution in [-0.2, 0) is 22.7 Å². The second-order valence-electron chi connectivity index (χ2n) is 13.9. The molecular formula is C30H48N8O3Si. The third-order valence-electron chi connectivity index (χ3n) is 7.62. The number of carbonyl (C=O) groups excluding carboxylic acids is 1. The number of ether oxygens (including phenoxy) is 2. The number of carbonyl (C=O) groups is 1. The second-order valence-corrected chi connectivity index (χ2v) is 19.5. The average molecular weight is 597 g/mol. The van der Waals surface area contributed by atoms with E-state index in [1.54, 1.807) is 6.20 Å². The van der Waals surface area contributed by atoms with Crippen LogP contribution < -0.4 is 10.6 Å². The Bertz CT molecular complexity index is 1390. The zero-order valence-corrected chi connectivity index (χ0v) is 27.4. The largest absolute Gasteiger partial charge is 0.444 e. The number of aromatic nitrogens is 5. The summed E-state index contributed by atoms with van der Waals surface area (Å²) in [6, 6.07) is 1.16. The highest BCUT2D eigenvalue weighted by Gasteiger charge is 2.32. The molecule has 42 heavy (non-hydrogen) atoms. The highest BCUT2D eigenvalue weighted by Crippen LogP contribution is 2.45. The first-order valence-electron chi connectivity index (χ1n) is 15.4. The summed E-state index contributed by atoms with van der Waals surface area (Å²) < 4.78 is 15.9. The minimum Gasteiger partial charge on any atom is -0.444 e. The van der Waals surface area contributed by atoms with Gasteiger partial charge in [-0.15, -0.1) is 0 Å². The molecule has 0 bridgehead atoms. The number of rotatable bonds is 11. The first-order valence-corrected chi connectivity index (χ1v) is 19.1. The average Bonchev–Trinajstić information content (AvgIpc) is 3.54. The van der Waals surface area contributed by atoms with Gasteiger partial charge in [-0.05, 0) is 70.9 Å². The van der Waals surface area contributed by atoms with E-state index in [2.05, 4.69) is 53.1 Å². The Balaban J connectivity index is 1.45. The lowest BCUT2D eigenvalue weighted by atomic mass is 10.1. The lowest BCUT2D eigenvalue weighted by molar-refractivity contribution is 0.0206. The molecule has 12 heteroatoms. The van der Waals surface area contributed by atoms with Crippen molar-refractivity contribution in [2.45, 2.75) is 110 Å². The van der Waals surface area contributed by atoms with Crippen molar-refractivity contribution in [3.63, 3.8) is 0 Å². The van der Waals surface area contributed by atoms with Crippen LogP contribution in [0.15, 0.2) is 18.6 Å². The van der Waals surface area contributed by atoms with Crippen molar-refractivity contribution >= 4 is 42.7 Å². The van der Waals surface area contributed by atoms with Gasteiger partial charge in [0.25, 0.3) is 0 Å². The maximum absolute atomic E-state index is 12.9. The Morgan fingerprint density at radius 3 is 2.60 bits per heavy atom. The van der Waals surface area contributed by atoms with Crippen LogP contribution in [0, 0.1) is 0 Å². The fourth-order valence-electron chi connectivity index (χ4n) is 5.23. The van der Waals surface area contributed by atoms with Crippen molar-refractivity contribution < 1.29 is 14.3 Å². The number of fused-ring (bicyclic) bond motifs is 1. The fourth-order valence-corrected chi connectivity index (χ4v) is 5.99. The third kappa shape index (κ3) is 7.83. The number of likely N-dealkylation sites (tertiary alicyclic amines) is 1. The summed E-state index contributed by atoms with van der Waals surface area (Å²) in [5.41, 5.74) is 2.43. The first-order chi connectivity index (χ1) is 19.9. The number of hydrogen-bond acceptors (Lipinski definition) is 8. The predicted octanol–water partition coefficient (Wildman–Crippen LogP) is 6.39. The zero-order valence-electron chi connectivity index (χ0n) is 26.4. The SMILES string of the molecule is CCn1cc(Nc2nc(N[C@@H]3CCCN(C(=O)OC(C)(C)C)C3)c3c(C4CC4)cn(COCC[Si](C)(C)C)c3n2)cn1. The van der Waals surface area contributed by atoms with Crippen LogP contribution in [0.2, 0.25) is 25.7 Å². The van der Waals surface area contributed by atoms with E-state index in [1.807, 2.05) is 36.5 Å². The van der Waals surface area contributed by atoms with Gasteiger partial charge >= 0.3 is 6.09 Å². The van der Waals surface area contributed by atoms with E-state index in [0.717, 1.165) is 54.6 Å². The van der Waals surface area contributed by atoms with Gasteiger partial charge in [-0.3, -0.25) is 4.68 Å². The van der Waals surface area contributed by atoms with Crippen molar-refractivity contribution in [1.29, 1.82) is 0 Å². The lowest BCUT2D eigenvalue weighted by Gasteiger charge is -2.34. The maximum Gasteiger partial charge on any atom is 0.410 e. The number of nitrogens with zero attached hydrogens (tertiary/aromatic N) is 6. The molecule has 4 heterocycles. The number of hydrogen-bond donors (Lipinski definition) is 2. The van der Waals surface area contributed by atoms with Gasteiger partial charge in [0, 0.05) is 52.8 Å². The van der Waals surface area contributed by atoms with Crippen molar-refractivity contribution in [3.8, 4) is 0 Å². The molecule has 0 aromatic carbocycles. The summed E-state index contributed by atoms with van der Waals surface area (Å²) >= 11 is 0. The summed E-state index contributed by atoms with van der Waals surface area (Å²) in [7, 11) is -1.19. The van der Waals surface area contributed by atoms with Gasteiger partial charge in [-0.25, -0.2) is 4.79 Å². The van der Waals surface area contributed by atoms with E-state index in [1.165, 1.54) is 18.4 Å². The van der Waals surface area contributed by atoms with Crippen LogP contribution in [0.1, 0.15) is 64.9 Å². The van der Waals surface area contributed by atoms with E-state index >= 15 is 0 Å². The highest BCUT2D eigenvalue weighted by molar-refractivity contribution is 6.76. The van der Waals surface area contributed by atoms with Crippen molar-refractivity contribution in [2.75, 3.05) is 30.3 Å². The molecule has 230 valence electrons. The summed E-state index contributed by atoms with van der Waals surface area (Å²) in [6.45, 7) is 18.1. The van der Waals surface area contributed by atoms with Gasteiger partial charge in [-0.2, -0.15) is 15.1 Å². The monoisotopic (exact) mass is 596 g/mol. The van der Waals surface area contributed by atoms with Gasteiger partial charge in [0.2, 0.25) is 5.95 Å². The number of amides is 1. The van der Waals surface area contributed by atoms with E-state index < -0.39 is 13.7 Å². The van der Waals surface area contributed by atoms with E-state index in [4.69, 9.17) is 19.4 Å². The molecule has 5 rings (SSSR count). The molecule has 1 aliphatic carbocycles. The standard InChI is InChI=1S/C30H48N8O3Si/c1-8-38-18-23(16-31-38)33-28-34-26(32-22-10-9-13-36(17-22)29(39)41-30(2,3)4)25-24(21-11-12-21)19-37(27(25)35-28)20-40-14-15-42(5,6)7/h16,18-19,21-22H,8-15,17,20H2,1-7H3,(H2,32,33,34,35)/t22-/m1/s1. The van der Waals surface area contributed by atoms with Crippen LogP contribution in [0.5, 0.6) is 0 Å². The lowest BCUT2D eigenvalue weighted by Crippen LogP contribution is -2.47. The summed E-state index contributed by atoms with van der Waals surface area (Å²) in [5.74, 6) is 1.81. The molecule has 1 atom stereocenters. The molecule has 1 saturated heterocycles. The Labute approximate surface area is 250 Å². The minimum absolute atomic E-state index is 0.0449. The molecule has 3 aromatic rings. The molecule has 11 nitrogen and oxygen atoms in total. The zero-order chi connectivity index (χ0) is 30.1. The third-order valence-corrected chi connectivity index (χ3v) is 9.32. The normalized spacial score (nSPS) is 18.0. The van der Waals surface area contributed by atoms with Crippen LogP contribution in [0.25, 0.3) is 11.0 Å². The minimum atomic E-state index is -1.19. The first kappa shape index (κ1) is 30.3. The number of nitrogens with one attached hydrogen (secondary N) is 2. The summed E-state index contributed by atoms with van der Waals surface area (Å²) in [6.07, 6.45) is 9.86. The Kier molecular flexibility index (Phi) is 8.84. The molecule has 0 spiro atoms. The van der Waals surface area contributed by atoms with Crippen LogP contribution >= 0.6 is 0 Å². The van der Waals surface area contributed by atoms with Gasteiger partial charge < -0.3 is 29.6 Å².